The van der Waals surface area contributed by atoms with Gasteiger partial charge in [-0.3, -0.25) is 4.79 Å². The Hall–Kier alpha value is -2.10. The first kappa shape index (κ1) is 15.3. The van der Waals surface area contributed by atoms with Gasteiger partial charge >= 0.3 is 0 Å². The number of unbranched alkanes of at least 4 members (excludes halogenated alkanes) is 1. The van der Waals surface area contributed by atoms with Crippen LogP contribution < -0.4 is 5.32 Å². The molecular formula is C15H17N3O2S. The lowest BCUT2D eigenvalue weighted by Crippen LogP contribution is -2.24. The highest BCUT2D eigenvalue weighted by Crippen LogP contribution is 2.15. The summed E-state index contributed by atoms with van der Waals surface area (Å²) in [6, 6.07) is 1.79. The average Bonchev–Trinajstić information content (AvgIpc) is 3.15. The van der Waals surface area contributed by atoms with E-state index in [1.807, 2.05) is 16.1 Å². The molecule has 0 fully saturated rings. The summed E-state index contributed by atoms with van der Waals surface area (Å²) in [6.07, 6.45) is 7.37. The van der Waals surface area contributed by atoms with Gasteiger partial charge in [-0.25, -0.2) is 4.98 Å². The van der Waals surface area contributed by atoms with Gasteiger partial charge in [0.05, 0.1) is 6.33 Å². The summed E-state index contributed by atoms with van der Waals surface area (Å²) in [4.78, 5) is 16.6. The van der Waals surface area contributed by atoms with Crippen LogP contribution in [0.4, 0.5) is 0 Å². The van der Waals surface area contributed by atoms with Gasteiger partial charge in [-0.1, -0.05) is 11.8 Å². The van der Waals surface area contributed by atoms with Crippen LogP contribution in [-0.4, -0.2) is 33.7 Å². The molecule has 5 nitrogen and oxygen atoms in total. The number of imidazole rings is 1. The number of aromatic nitrogens is 2. The number of aryl methyl sites for hydroxylation is 1. The molecule has 6 heteroatoms. The molecule has 0 unspecified atom stereocenters. The summed E-state index contributed by atoms with van der Waals surface area (Å²) < 4.78 is 2.02. The van der Waals surface area contributed by atoms with Crippen LogP contribution in [0.2, 0.25) is 0 Å². The molecule has 2 aromatic rings. The van der Waals surface area contributed by atoms with Gasteiger partial charge in [0.2, 0.25) is 0 Å². The molecule has 0 saturated carbocycles. The van der Waals surface area contributed by atoms with Crippen LogP contribution in [0.5, 0.6) is 0 Å². The van der Waals surface area contributed by atoms with E-state index in [0.29, 0.717) is 17.0 Å². The molecule has 1 amide bonds. The SMILES string of the molecule is O=C(NCCCCn1ccnc1)c1sccc1C#CCO. The lowest BCUT2D eigenvalue weighted by Gasteiger charge is -2.05. The second-order valence-electron chi connectivity index (χ2n) is 4.39. The molecule has 0 aromatic carbocycles. The van der Waals surface area contributed by atoms with Gasteiger partial charge < -0.3 is 15.0 Å². The summed E-state index contributed by atoms with van der Waals surface area (Å²) in [6.45, 7) is 1.34. The molecule has 0 bridgehead atoms. The van der Waals surface area contributed by atoms with Gasteiger partial charge in [0.25, 0.3) is 5.91 Å². The first-order chi connectivity index (χ1) is 10.3. The lowest BCUT2D eigenvalue weighted by molar-refractivity contribution is 0.0956. The molecule has 0 saturated heterocycles. The van der Waals surface area contributed by atoms with Crippen molar-refractivity contribution in [1.82, 2.24) is 14.9 Å². The van der Waals surface area contributed by atoms with E-state index in [9.17, 15) is 4.79 Å². The smallest absolute Gasteiger partial charge is 0.262 e. The maximum Gasteiger partial charge on any atom is 0.262 e. The number of nitrogens with zero attached hydrogens (tertiary/aromatic N) is 2. The first-order valence-electron chi connectivity index (χ1n) is 6.72. The highest BCUT2D eigenvalue weighted by Gasteiger charge is 2.10. The van der Waals surface area contributed by atoms with E-state index in [2.05, 4.69) is 22.1 Å². The van der Waals surface area contributed by atoms with Crippen molar-refractivity contribution in [2.75, 3.05) is 13.2 Å². The van der Waals surface area contributed by atoms with Crippen molar-refractivity contribution in [2.45, 2.75) is 19.4 Å². The Morgan fingerprint density at radius 1 is 1.48 bits per heavy atom. The van der Waals surface area contributed by atoms with Crippen molar-refractivity contribution < 1.29 is 9.90 Å². The number of aliphatic hydroxyl groups excluding tert-OH is 1. The highest BCUT2D eigenvalue weighted by atomic mass is 32.1. The Morgan fingerprint density at radius 3 is 3.14 bits per heavy atom. The zero-order chi connectivity index (χ0) is 14.9. The van der Waals surface area contributed by atoms with Gasteiger partial charge in [-0.15, -0.1) is 11.3 Å². The summed E-state index contributed by atoms with van der Waals surface area (Å²) in [7, 11) is 0. The molecule has 2 N–H and O–H groups in total. The summed E-state index contributed by atoms with van der Waals surface area (Å²) in [5, 5.41) is 13.4. The summed E-state index contributed by atoms with van der Waals surface area (Å²) >= 11 is 1.36. The molecule has 2 heterocycles. The van der Waals surface area contributed by atoms with Crippen molar-refractivity contribution in [1.29, 1.82) is 0 Å². The molecule has 0 atom stereocenters. The largest absolute Gasteiger partial charge is 0.384 e. The molecule has 0 aliphatic carbocycles. The predicted octanol–water partition coefficient (Wildman–Crippen LogP) is 1.50. The van der Waals surface area contributed by atoms with Crippen LogP contribution in [0.25, 0.3) is 0 Å². The Morgan fingerprint density at radius 2 is 2.38 bits per heavy atom. The molecule has 0 spiro atoms. The van der Waals surface area contributed by atoms with Crippen molar-refractivity contribution in [3.05, 3.63) is 40.6 Å². The predicted molar refractivity (Wildman–Crippen MR) is 82.1 cm³/mol. The van der Waals surface area contributed by atoms with E-state index in [-0.39, 0.29) is 12.5 Å². The monoisotopic (exact) mass is 303 g/mol. The number of hydrogen-bond donors (Lipinski definition) is 2. The Balaban J connectivity index is 1.73. The summed E-state index contributed by atoms with van der Waals surface area (Å²) in [5.74, 6) is 5.24. The number of rotatable bonds is 6. The fourth-order valence-electron chi connectivity index (χ4n) is 1.84. The standard InChI is InChI=1S/C15H17N3O2S/c19-10-3-4-13-5-11-21-14(13)15(20)17-6-1-2-8-18-9-7-16-12-18/h5,7,9,11-12,19H,1-2,6,8,10H2,(H,17,20). The third-order valence-electron chi connectivity index (χ3n) is 2.86. The van der Waals surface area contributed by atoms with Gasteiger partial charge in [-0.05, 0) is 24.3 Å². The van der Waals surface area contributed by atoms with Crippen LogP contribution in [0.1, 0.15) is 28.1 Å². The van der Waals surface area contributed by atoms with Crippen LogP contribution in [0, 0.1) is 11.8 Å². The number of thiophene rings is 1. The van der Waals surface area contributed by atoms with Crippen molar-refractivity contribution >= 4 is 17.2 Å². The molecule has 0 radical (unpaired) electrons. The quantitative estimate of drug-likeness (QED) is 0.628. The minimum atomic E-state index is -0.203. The maximum atomic E-state index is 12.0. The van der Waals surface area contributed by atoms with E-state index in [4.69, 9.17) is 5.11 Å². The number of carbonyl (C=O) groups is 1. The van der Waals surface area contributed by atoms with Crippen molar-refractivity contribution in [2.24, 2.45) is 0 Å². The minimum Gasteiger partial charge on any atom is -0.384 e. The second kappa shape index (κ2) is 8.25. The van der Waals surface area contributed by atoms with Crippen LogP contribution in [0.15, 0.2) is 30.2 Å². The highest BCUT2D eigenvalue weighted by molar-refractivity contribution is 7.12. The fraction of sp³-hybridized carbons (Fsp3) is 0.333. The average molecular weight is 303 g/mol. The van der Waals surface area contributed by atoms with E-state index in [0.717, 1.165) is 19.4 Å². The maximum absolute atomic E-state index is 12.0. The molecule has 2 rings (SSSR count). The van der Waals surface area contributed by atoms with Crippen molar-refractivity contribution in [3.63, 3.8) is 0 Å². The Kier molecular flexibility index (Phi) is 6.00. The Labute approximate surface area is 127 Å². The first-order valence-corrected chi connectivity index (χ1v) is 7.60. The van der Waals surface area contributed by atoms with Crippen LogP contribution in [0.3, 0.4) is 0 Å². The summed E-state index contributed by atoms with van der Waals surface area (Å²) in [5.41, 5.74) is 0.671. The van der Waals surface area contributed by atoms with Crippen molar-refractivity contribution in [3.8, 4) is 11.8 Å². The molecule has 21 heavy (non-hydrogen) atoms. The van der Waals surface area contributed by atoms with E-state index < -0.39 is 0 Å². The van der Waals surface area contributed by atoms with Crippen LogP contribution in [-0.2, 0) is 6.54 Å². The molecule has 110 valence electrons. The third kappa shape index (κ3) is 4.74. The third-order valence-corrected chi connectivity index (χ3v) is 3.77. The minimum absolute atomic E-state index is 0.102. The molecular weight excluding hydrogens is 286 g/mol. The van der Waals surface area contributed by atoms with E-state index >= 15 is 0 Å². The normalized spacial score (nSPS) is 9.95. The number of hydrogen-bond acceptors (Lipinski definition) is 4. The van der Waals surface area contributed by atoms with Gasteiger partial charge in [0, 0.05) is 31.0 Å². The Bertz CT molecular complexity index is 623. The van der Waals surface area contributed by atoms with Gasteiger partial charge in [0.15, 0.2) is 0 Å². The van der Waals surface area contributed by atoms with Gasteiger partial charge in [0.1, 0.15) is 11.5 Å². The zero-order valence-corrected chi connectivity index (χ0v) is 12.4. The number of nitrogens with one attached hydrogen (secondary N) is 1. The van der Waals surface area contributed by atoms with Crippen LogP contribution >= 0.6 is 11.3 Å². The molecule has 0 aliphatic heterocycles. The number of carbonyl (C=O) groups excluding carboxylic acids is 1. The molecule has 2 aromatic heterocycles. The fourth-order valence-corrected chi connectivity index (χ4v) is 2.60. The topological polar surface area (TPSA) is 67.2 Å². The lowest BCUT2D eigenvalue weighted by atomic mass is 10.2. The van der Waals surface area contributed by atoms with E-state index in [1.54, 1.807) is 18.6 Å². The van der Waals surface area contributed by atoms with E-state index in [1.165, 1.54) is 11.3 Å². The number of aliphatic hydroxyl groups is 1. The number of amides is 1. The molecule has 0 aliphatic rings. The zero-order valence-electron chi connectivity index (χ0n) is 11.6. The van der Waals surface area contributed by atoms with Gasteiger partial charge in [-0.2, -0.15) is 0 Å². The second-order valence-corrected chi connectivity index (χ2v) is 5.30.